The molecule has 27 heavy (non-hydrogen) atoms. The normalized spacial score (nSPS) is 17.4. The molecule has 3 rings (SSSR count). The molecule has 0 saturated carbocycles. The average Bonchev–Trinajstić information content (AvgIpc) is 3.29. The van der Waals surface area contributed by atoms with Crippen LogP contribution in [0.3, 0.4) is 0 Å². The van der Waals surface area contributed by atoms with E-state index in [-0.39, 0.29) is 11.4 Å². The molecule has 2 aromatic rings. The summed E-state index contributed by atoms with van der Waals surface area (Å²) in [4.78, 5) is 34.6. The number of thiazole rings is 1. The number of Topliss-reactive ketones (excluding diaryl/α,β-unsaturated/α-hetero) is 1. The molecule has 6 nitrogen and oxygen atoms in total. The highest BCUT2D eigenvalue weighted by molar-refractivity contribution is 7.14. The minimum atomic E-state index is -0.538. The molecule has 0 spiro atoms. The van der Waals surface area contributed by atoms with Gasteiger partial charge in [0.1, 0.15) is 0 Å². The van der Waals surface area contributed by atoms with Gasteiger partial charge in [0.25, 0.3) is 5.91 Å². The van der Waals surface area contributed by atoms with Crippen LogP contribution in [-0.4, -0.2) is 53.9 Å². The van der Waals surface area contributed by atoms with Crippen molar-refractivity contribution >= 4 is 34.4 Å². The molecule has 2 N–H and O–H groups in total. The molecule has 0 unspecified atom stereocenters. The number of thiophene rings is 1. The van der Waals surface area contributed by atoms with Gasteiger partial charge in [0.15, 0.2) is 5.76 Å². The van der Waals surface area contributed by atoms with Crippen LogP contribution >= 0.6 is 22.7 Å². The number of nitrogens with zero attached hydrogens (tertiary/aromatic N) is 2. The molecule has 144 valence electrons. The fourth-order valence-corrected chi connectivity index (χ4v) is 5.05. The Morgan fingerprint density at radius 2 is 2.11 bits per heavy atom. The van der Waals surface area contributed by atoms with Gasteiger partial charge in [-0.3, -0.25) is 9.59 Å². The Hall–Kier alpha value is -2.03. The lowest BCUT2D eigenvalue weighted by Gasteiger charge is -2.25. The van der Waals surface area contributed by atoms with Crippen molar-refractivity contribution < 1.29 is 19.6 Å². The molecule has 0 aliphatic carbocycles. The minimum Gasteiger partial charge on any atom is -0.503 e. The predicted octanol–water partition coefficient (Wildman–Crippen LogP) is 1.93. The van der Waals surface area contributed by atoms with E-state index >= 15 is 0 Å². The third-order valence-electron chi connectivity index (χ3n) is 4.55. The summed E-state index contributed by atoms with van der Waals surface area (Å²) in [6.45, 7) is 5.02. The lowest BCUT2D eigenvalue weighted by Crippen LogP contribution is -3.05. The number of nitrogens with one attached hydrogen (secondary N) is 1. The first-order chi connectivity index (χ1) is 12.8. The van der Waals surface area contributed by atoms with Crippen LogP contribution in [0.2, 0.25) is 0 Å². The second-order valence-electron chi connectivity index (χ2n) is 6.97. The Morgan fingerprint density at radius 3 is 2.67 bits per heavy atom. The number of ketones is 1. The van der Waals surface area contributed by atoms with Crippen LogP contribution in [0.25, 0.3) is 0 Å². The molecule has 1 atom stereocenters. The third kappa shape index (κ3) is 3.83. The molecule has 0 saturated heterocycles. The largest absolute Gasteiger partial charge is 0.503 e. The maximum absolute atomic E-state index is 13.2. The molecular weight excluding hydrogens is 382 g/mol. The van der Waals surface area contributed by atoms with Crippen LogP contribution in [0, 0.1) is 13.8 Å². The zero-order valence-corrected chi connectivity index (χ0v) is 17.5. The van der Waals surface area contributed by atoms with Gasteiger partial charge in [-0.2, -0.15) is 0 Å². The Kier molecular flexibility index (Phi) is 5.78. The number of quaternary nitrogens is 1. The molecule has 1 aliphatic heterocycles. The van der Waals surface area contributed by atoms with Crippen molar-refractivity contribution in [2.45, 2.75) is 26.3 Å². The first-order valence-electron chi connectivity index (χ1n) is 8.86. The van der Waals surface area contributed by atoms with Gasteiger partial charge in [-0.05, 0) is 25.3 Å². The van der Waals surface area contributed by atoms with Crippen molar-refractivity contribution in [2.24, 2.45) is 0 Å². The van der Waals surface area contributed by atoms with Crippen LogP contribution in [-0.2, 0) is 4.79 Å². The van der Waals surface area contributed by atoms with Crippen LogP contribution in [0.15, 0.2) is 28.8 Å². The van der Waals surface area contributed by atoms with Crippen molar-refractivity contribution in [3.8, 4) is 0 Å². The van der Waals surface area contributed by atoms with Crippen molar-refractivity contribution in [2.75, 3.05) is 27.2 Å². The van der Waals surface area contributed by atoms with Crippen LogP contribution < -0.4 is 4.90 Å². The van der Waals surface area contributed by atoms with Crippen molar-refractivity contribution in [1.82, 2.24) is 9.88 Å². The lowest BCUT2D eigenvalue weighted by molar-refractivity contribution is -0.858. The molecule has 3 heterocycles. The highest BCUT2D eigenvalue weighted by Crippen LogP contribution is 2.41. The van der Waals surface area contributed by atoms with E-state index < -0.39 is 17.7 Å². The number of carbonyl (C=O) groups excluding carboxylic acids is 2. The van der Waals surface area contributed by atoms with Crippen molar-refractivity contribution in [3.63, 3.8) is 0 Å². The second-order valence-corrected chi connectivity index (χ2v) is 9.15. The number of aryl methyl sites for hydroxylation is 2. The standard InChI is InChI=1S/C19H23N3O3S2/c1-11-18(27-12(2)20-11)16(23)14-15(13-7-5-10-26-13)22(19(25)17(14)24)9-6-8-21(3)4/h5,7,10,15,24H,6,8-9H2,1-4H3/p+1/t15-/m1/s1. The van der Waals surface area contributed by atoms with Gasteiger partial charge in [0.05, 0.1) is 47.8 Å². The Balaban J connectivity index is 1.98. The number of carbonyl (C=O) groups is 2. The van der Waals surface area contributed by atoms with Crippen molar-refractivity contribution in [1.29, 1.82) is 0 Å². The zero-order valence-electron chi connectivity index (χ0n) is 15.9. The van der Waals surface area contributed by atoms with E-state index in [1.807, 2.05) is 24.4 Å². The maximum atomic E-state index is 13.2. The molecule has 0 aromatic carbocycles. The van der Waals surface area contributed by atoms with E-state index in [4.69, 9.17) is 0 Å². The van der Waals surface area contributed by atoms with Gasteiger partial charge in [0, 0.05) is 17.8 Å². The monoisotopic (exact) mass is 406 g/mol. The number of hydrogen-bond donors (Lipinski definition) is 2. The summed E-state index contributed by atoms with van der Waals surface area (Å²) in [6, 6.07) is 3.26. The number of aliphatic hydroxyl groups is 1. The zero-order chi connectivity index (χ0) is 19.7. The summed E-state index contributed by atoms with van der Waals surface area (Å²) < 4.78 is 0. The number of aromatic nitrogens is 1. The van der Waals surface area contributed by atoms with Gasteiger partial charge in [-0.15, -0.1) is 22.7 Å². The topological polar surface area (TPSA) is 74.9 Å². The molecule has 1 amide bonds. The minimum absolute atomic E-state index is 0.173. The number of amides is 1. The SMILES string of the molecule is Cc1nc(C)c(C(=O)C2=C(O)C(=O)N(CCC[NH+](C)C)[C@@H]2c2cccs2)s1. The fourth-order valence-electron chi connectivity index (χ4n) is 3.33. The fraction of sp³-hybridized carbons (Fsp3) is 0.421. The maximum Gasteiger partial charge on any atom is 0.290 e. The van der Waals surface area contributed by atoms with E-state index in [9.17, 15) is 14.7 Å². The van der Waals surface area contributed by atoms with E-state index in [0.717, 1.165) is 22.9 Å². The van der Waals surface area contributed by atoms with Crippen LogP contribution in [0.4, 0.5) is 0 Å². The summed E-state index contributed by atoms with van der Waals surface area (Å²) >= 11 is 2.78. The van der Waals surface area contributed by atoms with E-state index in [1.165, 1.54) is 27.6 Å². The average molecular weight is 407 g/mol. The summed E-state index contributed by atoms with van der Waals surface area (Å²) in [7, 11) is 4.12. The van der Waals surface area contributed by atoms with Gasteiger partial charge in [-0.1, -0.05) is 6.07 Å². The number of hydrogen-bond acceptors (Lipinski definition) is 6. The molecule has 2 aromatic heterocycles. The molecule has 0 fully saturated rings. The van der Waals surface area contributed by atoms with E-state index in [0.29, 0.717) is 17.1 Å². The lowest BCUT2D eigenvalue weighted by atomic mass is 10.00. The van der Waals surface area contributed by atoms with Gasteiger partial charge < -0.3 is 14.9 Å². The highest BCUT2D eigenvalue weighted by Gasteiger charge is 2.44. The quantitative estimate of drug-likeness (QED) is 0.689. The van der Waals surface area contributed by atoms with E-state index in [2.05, 4.69) is 19.1 Å². The molecule has 0 radical (unpaired) electrons. The molecule has 0 bridgehead atoms. The number of aliphatic hydroxyl groups excluding tert-OH is 1. The Morgan fingerprint density at radius 1 is 1.37 bits per heavy atom. The Labute approximate surface area is 166 Å². The molecule has 1 aliphatic rings. The summed E-state index contributed by atoms with van der Waals surface area (Å²) in [5, 5.41) is 13.3. The molecule has 8 heteroatoms. The van der Waals surface area contributed by atoms with Crippen LogP contribution in [0.5, 0.6) is 0 Å². The van der Waals surface area contributed by atoms with Gasteiger partial charge in [-0.25, -0.2) is 4.98 Å². The summed E-state index contributed by atoms with van der Waals surface area (Å²) in [5.74, 6) is -1.20. The van der Waals surface area contributed by atoms with Gasteiger partial charge >= 0.3 is 0 Å². The predicted molar refractivity (Wildman–Crippen MR) is 107 cm³/mol. The van der Waals surface area contributed by atoms with Crippen molar-refractivity contribution in [3.05, 3.63) is 49.3 Å². The highest BCUT2D eigenvalue weighted by atomic mass is 32.1. The summed E-state index contributed by atoms with van der Waals surface area (Å²) in [6.07, 6.45) is 0.795. The number of rotatable bonds is 7. The van der Waals surface area contributed by atoms with E-state index in [1.54, 1.807) is 11.8 Å². The second kappa shape index (κ2) is 7.92. The smallest absolute Gasteiger partial charge is 0.290 e. The Bertz CT molecular complexity index is 884. The third-order valence-corrected chi connectivity index (χ3v) is 6.54. The summed E-state index contributed by atoms with van der Waals surface area (Å²) in [5.41, 5.74) is 0.807. The van der Waals surface area contributed by atoms with Crippen LogP contribution in [0.1, 0.15) is 37.7 Å². The van der Waals surface area contributed by atoms with Gasteiger partial charge in [0.2, 0.25) is 5.78 Å². The first kappa shape index (κ1) is 19.7. The first-order valence-corrected chi connectivity index (χ1v) is 10.6. The molecular formula is C19H24N3O3S2+.